The van der Waals surface area contributed by atoms with E-state index in [0.29, 0.717) is 25.7 Å². The van der Waals surface area contributed by atoms with Crippen molar-refractivity contribution in [2.45, 2.75) is 76.2 Å². The maximum Gasteiger partial charge on any atom is 0.416 e. The first-order valence-corrected chi connectivity index (χ1v) is 13.5. The van der Waals surface area contributed by atoms with Crippen molar-refractivity contribution in [2.24, 2.45) is 0 Å². The Morgan fingerprint density at radius 2 is 1.34 bits per heavy atom. The molecule has 0 radical (unpaired) electrons. The zero-order valence-corrected chi connectivity index (χ0v) is 22.5. The molecular formula is C31H32F6N2O2. The molecule has 1 amide bonds. The van der Waals surface area contributed by atoms with Crippen molar-refractivity contribution in [1.82, 2.24) is 10.2 Å². The molecular weight excluding hydrogens is 546 g/mol. The topological polar surface area (TPSA) is 41.6 Å². The van der Waals surface area contributed by atoms with Crippen molar-refractivity contribution >= 4 is 6.09 Å². The summed E-state index contributed by atoms with van der Waals surface area (Å²) >= 11 is 0. The number of piperidine rings is 1. The van der Waals surface area contributed by atoms with E-state index in [2.05, 4.69) is 5.32 Å². The van der Waals surface area contributed by atoms with Crippen LogP contribution >= 0.6 is 0 Å². The Labute approximate surface area is 235 Å². The van der Waals surface area contributed by atoms with Crippen LogP contribution in [0.4, 0.5) is 31.1 Å². The van der Waals surface area contributed by atoms with Crippen LogP contribution in [0.1, 0.15) is 54.0 Å². The Hall–Kier alpha value is -3.53. The highest BCUT2D eigenvalue weighted by Crippen LogP contribution is 2.36. The second-order valence-corrected chi connectivity index (χ2v) is 10.3. The molecule has 3 aromatic rings. The van der Waals surface area contributed by atoms with Gasteiger partial charge in [-0.05, 0) is 60.6 Å². The molecule has 0 aromatic heterocycles. The highest BCUT2D eigenvalue weighted by Gasteiger charge is 2.39. The number of amides is 1. The molecule has 1 heterocycles. The van der Waals surface area contributed by atoms with Crippen LogP contribution in [0.3, 0.4) is 0 Å². The van der Waals surface area contributed by atoms with Crippen LogP contribution in [-0.2, 0) is 36.7 Å². The number of alkyl halides is 6. The van der Waals surface area contributed by atoms with E-state index >= 15 is 0 Å². The number of rotatable bonds is 8. The summed E-state index contributed by atoms with van der Waals surface area (Å²) in [5.74, 6) is 0. The molecule has 1 unspecified atom stereocenters. The number of likely N-dealkylation sites (tertiary alicyclic amines) is 1. The molecule has 4 nitrogen and oxygen atoms in total. The van der Waals surface area contributed by atoms with Gasteiger partial charge in [0.05, 0.1) is 11.1 Å². The first kappa shape index (κ1) is 30.4. The predicted molar refractivity (Wildman–Crippen MR) is 143 cm³/mol. The summed E-state index contributed by atoms with van der Waals surface area (Å²) in [6, 6.07) is 19.8. The normalized spacial score (nSPS) is 19.7. The minimum absolute atomic E-state index is 0.107. The lowest BCUT2D eigenvalue weighted by molar-refractivity contribution is -0.143. The Bertz CT molecular complexity index is 1250. The fraction of sp³-hybridized carbons (Fsp3) is 0.387. The number of hydrogen-bond acceptors (Lipinski definition) is 3. The quantitative estimate of drug-likeness (QED) is 0.276. The second-order valence-electron chi connectivity index (χ2n) is 10.3. The maximum absolute atomic E-state index is 13.4. The van der Waals surface area contributed by atoms with Crippen LogP contribution in [0.15, 0.2) is 78.9 Å². The van der Waals surface area contributed by atoms with Crippen LogP contribution in [-0.4, -0.2) is 29.1 Å². The van der Waals surface area contributed by atoms with E-state index in [1.165, 1.54) is 0 Å². The molecule has 3 aromatic carbocycles. The van der Waals surface area contributed by atoms with Gasteiger partial charge >= 0.3 is 18.4 Å². The van der Waals surface area contributed by atoms with E-state index in [1.807, 2.05) is 67.6 Å². The van der Waals surface area contributed by atoms with Crippen molar-refractivity contribution in [3.63, 3.8) is 0 Å². The third kappa shape index (κ3) is 8.25. The number of hydrogen-bond donors (Lipinski definition) is 1. The summed E-state index contributed by atoms with van der Waals surface area (Å²) in [7, 11) is 0. The summed E-state index contributed by atoms with van der Waals surface area (Å²) in [6.45, 7) is 1.88. The molecule has 1 fully saturated rings. The van der Waals surface area contributed by atoms with Gasteiger partial charge in [-0.15, -0.1) is 0 Å². The zero-order valence-electron chi connectivity index (χ0n) is 22.5. The number of carbonyl (C=O) groups excluding carboxylic acids is 1. The average molecular weight is 579 g/mol. The van der Waals surface area contributed by atoms with Gasteiger partial charge in [0.2, 0.25) is 0 Å². The van der Waals surface area contributed by atoms with Gasteiger partial charge in [0.1, 0.15) is 6.61 Å². The monoisotopic (exact) mass is 578 g/mol. The third-order valence-corrected chi connectivity index (χ3v) is 7.34. The fourth-order valence-corrected chi connectivity index (χ4v) is 5.35. The smallest absolute Gasteiger partial charge is 0.416 e. The number of halogens is 6. The van der Waals surface area contributed by atoms with Crippen LogP contribution in [0.2, 0.25) is 0 Å². The SMILES string of the molecule is CCC1C[C@H](NCc2cc(C(F)(F)F)cc(C(F)(F)F)c2)C[C@H](Cc2ccccc2)N1C(=O)OCc1ccccc1. The highest BCUT2D eigenvalue weighted by molar-refractivity contribution is 5.69. The average Bonchev–Trinajstić information content (AvgIpc) is 2.94. The van der Waals surface area contributed by atoms with Crippen molar-refractivity contribution in [1.29, 1.82) is 0 Å². The molecule has 220 valence electrons. The molecule has 10 heteroatoms. The van der Waals surface area contributed by atoms with Crippen molar-refractivity contribution in [2.75, 3.05) is 0 Å². The molecule has 41 heavy (non-hydrogen) atoms. The Morgan fingerprint density at radius 3 is 1.88 bits per heavy atom. The van der Waals surface area contributed by atoms with Crippen molar-refractivity contribution in [3.8, 4) is 0 Å². The maximum atomic E-state index is 13.4. The summed E-state index contributed by atoms with van der Waals surface area (Å²) in [6.07, 6.45) is -8.20. The van der Waals surface area contributed by atoms with Crippen LogP contribution < -0.4 is 5.32 Å². The number of benzene rings is 3. The minimum Gasteiger partial charge on any atom is -0.445 e. The lowest BCUT2D eigenvalue weighted by atomic mass is 9.87. The second kappa shape index (κ2) is 13.0. The fourth-order valence-electron chi connectivity index (χ4n) is 5.35. The van der Waals surface area contributed by atoms with Crippen molar-refractivity contribution < 1.29 is 35.9 Å². The summed E-state index contributed by atoms with van der Waals surface area (Å²) in [5, 5.41) is 3.18. The molecule has 1 N–H and O–H groups in total. The lowest BCUT2D eigenvalue weighted by Gasteiger charge is -2.45. The van der Waals surface area contributed by atoms with Gasteiger partial charge in [-0.2, -0.15) is 26.3 Å². The summed E-state index contributed by atoms with van der Waals surface area (Å²) in [4.78, 5) is 15.1. The van der Waals surface area contributed by atoms with Crippen LogP contribution in [0.25, 0.3) is 0 Å². The van der Waals surface area contributed by atoms with Crippen LogP contribution in [0, 0.1) is 0 Å². The Morgan fingerprint density at radius 1 is 0.805 bits per heavy atom. The summed E-state index contributed by atoms with van der Waals surface area (Å²) < 4.78 is 85.7. The molecule has 1 aliphatic heterocycles. The van der Waals surface area contributed by atoms with E-state index in [9.17, 15) is 31.1 Å². The van der Waals surface area contributed by atoms with E-state index in [4.69, 9.17) is 4.74 Å². The van der Waals surface area contributed by atoms with E-state index < -0.39 is 29.6 Å². The highest BCUT2D eigenvalue weighted by atomic mass is 19.4. The van der Waals surface area contributed by atoms with E-state index in [1.54, 1.807) is 4.90 Å². The molecule has 0 bridgehead atoms. The number of carbonyl (C=O) groups is 1. The van der Waals surface area contributed by atoms with Gasteiger partial charge < -0.3 is 15.0 Å². The first-order valence-electron chi connectivity index (χ1n) is 13.5. The molecule has 0 spiro atoms. The number of ether oxygens (including phenoxy) is 1. The lowest BCUT2D eigenvalue weighted by Crippen LogP contribution is -2.56. The Kier molecular flexibility index (Phi) is 9.63. The molecule has 1 saturated heterocycles. The van der Waals surface area contributed by atoms with Gasteiger partial charge in [-0.3, -0.25) is 0 Å². The molecule has 4 rings (SSSR count). The number of nitrogens with zero attached hydrogens (tertiary/aromatic N) is 1. The summed E-state index contributed by atoms with van der Waals surface area (Å²) in [5.41, 5.74) is -0.933. The van der Waals surface area contributed by atoms with Gasteiger partial charge in [0.15, 0.2) is 0 Å². The van der Waals surface area contributed by atoms with E-state index in [0.717, 1.165) is 23.3 Å². The van der Waals surface area contributed by atoms with Gasteiger partial charge in [0, 0.05) is 24.7 Å². The predicted octanol–water partition coefficient (Wildman–Crippen LogP) is 8.00. The van der Waals surface area contributed by atoms with Gasteiger partial charge in [0.25, 0.3) is 0 Å². The van der Waals surface area contributed by atoms with Gasteiger partial charge in [-0.25, -0.2) is 4.79 Å². The molecule has 0 saturated carbocycles. The van der Waals surface area contributed by atoms with Gasteiger partial charge in [-0.1, -0.05) is 67.6 Å². The number of nitrogens with one attached hydrogen (secondary N) is 1. The third-order valence-electron chi connectivity index (χ3n) is 7.34. The van der Waals surface area contributed by atoms with Crippen molar-refractivity contribution in [3.05, 3.63) is 107 Å². The molecule has 0 aliphatic carbocycles. The van der Waals surface area contributed by atoms with Crippen LogP contribution in [0.5, 0.6) is 0 Å². The molecule has 3 atom stereocenters. The minimum atomic E-state index is -4.91. The molecule has 1 aliphatic rings. The zero-order chi connectivity index (χ0) is 29.6. The largest absolute Gasteiger partial charge is 0.445 e. The first-order chi connectivity index (χ1) is 19.4. The Balaban J connectivity index is 1.53. The standard InChI is InChI=1S/C31H32F6N2O2/c1-2-27-17-26(38-19-23-13-24(30(32,33)34)16-25(14-23)31(35,36)37)18-28(15-21-9-5-3-6-10-21)39(27)29(40)41-20-22-11-7-4-8-12-22/h3-14,16,26-28,38H,2,15,17-20H2,1H3/t26-,27?,28-/m0/s1. The van der Waals surface area contributed by atoms with E-state index in [-0.39, 0.29) is 42.9 Å².